The second-order valence-corrected chi connectivity index (χ2v) is 3.92. The molecule has 0 radical (unpaired) electrons. The van der Waals surface area contributed by atoms with E-state index in [2.05, 4.69) is 21.4 Å². The first-order valence-corrected chi connectivity index (χ1v) is 5.76. The number of furan rings is 1. The average Bonchev–Trinajstić information content (AvgIpc) is 2.96. The van der Waals surface area contributed by atoms with E-state index in [0.29, 0.717) is 21.9 Å². The van der Waals surface area contributed by atoms with Gasteiger partial charge in [-0.05, 0) is 19.2 Å². The topological polar surface area (TPSA) is 110 Å². The Bertz CT molecular complexity index is 640. The van der Waals surface area contributed by atoms with E-state index >= 15 is 0 Å². The highest BCUT2D eigenvalue weighted by atomic mass is 35.5. The van der Waals surface area contributed by atoms with E-state index in [9.17, 15) is 9.59 Å². The number of fused-ring (bicyclic) bond motifs is 1. The van der Waals surface area contributed by atoms with Crippen LogP contribution in [-0.2, 0) is 4.79 Å². The lowest BCUT2D eigenvalue weighted by molar-refractivity contribution is -0.120. The van der Waals surface area contributed by atoms with Crippen LogP contribution in [0.3, 0.4) is 0 Å². The maximum Gasteiger partial charge on any atom is 0.322 e. The molecule has 0 aromatic carbocycles. The first-order chi connectivity index (χ1) is 9.15. The Labute approximate surface area is 113 Å². The summed E-state index contributed by atoms with van der Waals surface area (Å²) in [6.45, 7) is 0. The molecule has 4 N–H and O–H groups in total. The van der Waals surface area contributed by atoms with Crippen molar-refractivity contribution in [2.75, 3.05) is 7.05 Å². The van der Waals surface area contributed by atoms with Crippen molar-refractivity contribution in [1.82, 2.24) is 15.6 Å². The average molecular weight is 283 g/mol. The van der Waals surface area contributed by atoms with Gasteiger partial charge in [-0.2, -0.15) is 0 Å². The third-order valence-electron chi connectivity index (χ3n) is 2.47. The summed E-state index contributed by atoms with van der Waals surface area (Å²) in [6, 6.07) is 1.88. The fourth-order valence-corrected chi connectivity index (χ4v) is 1.91. The molecule has 1 saturated heterocycles. The fraction of sp³-hybridized carbons (Fsp3) is 0.182. The number of carbonyl (C=O) groups is 2. The molecule has 1 aliphatic rings. The van der Waals surface area contributed by atoms with Crippen LogP contribution in [0.15, 0.2) is 22.7 Å². The summed E-state index contributed by atoms with van der Waals surface area (Å²) in [4.78, 5) is 26.3. The number of imide groups is 1. The van der Waals surface area contributed by atoms with Crippen LogP contribution in [-0.4, -0.2) is 24.0 Å². The number of hydrogen-bond acceptors (Lipinski definition) is 5. The largest absolute Gasteiger partial charge is 0.458 e. The molecule has 0 spiro atoms. The second kappa shape index (κ2) is 5.25. The highest BCUT2D eigenvalue weighted by molar-refractivity contribution is 6.34. The molecule has 7 nitrogen and oxygen atoms in total. The number of nitrogens with two attached hydrogens (primary N) is 1. The summed E-state index contributed by atoms with van der Waals surface area (Å²) in [5, 5.41) is 5.47. The summed E-state index contributed by atoms with van der Waals surface area (Å²) in [6.07, 6.45) is 1.51. The number of halogens is 1. The summed E-state index contributed by atoms with van der Waals surface area (Å²) in [5.74, 6) is -0.114. The van der Waals surface area contributed by atoms with E-state index in [0.717, 1.165) is 0 Å². The van der Waals surface area contributed by atoms with Crippen LogP contribution in [0.1, 0.15) is 11.8 Å². The molecule has 0 aliphatic carbocycles. The zero-order valence-corrected chi connectivity index (χ0v) is 10.7. The highest BCUT2D eigenvalue weighted by Gasteiger charge is 2.33. The maximum absolute atomic E-state index is 11.4. The number of carbonyl (C=O) groups excluding carboxylic acids is 2. The van der Waals surface area contributed by atoms with Crippen molar-refractivity contribution in [2.24, 2.45) is 5.73 Å². The minimum absolute atomic E-state index is 0.294. The maximum atomic E-state index is 11.4. The molecule has 8 heteroatoms. The quantitative estimate of drug-likeness (QED) is 0.532. The second-order valence-electron chi connectivity index (χ2n) is 3.56. The van der Waals surface area contributed by atoms with Crippen molar-refractivity contribution in [2.45, 2.75) is 6.04 Å². The van der Waals surface area contributed by atoms with Gasteiger partial charge in [-0.15, -0.1) is 0 Å². The molecule has 3 amide bonds. The predicted molar refractivity (Wildman–Crippen MR) is 68.5 cm³/mol. The van der Waals surface area contributed by atoms with Crippen LogP contribution < -0.4 is 16.4 Å². The number of nitrogens with zero attached hydrogens (tertiary/aromatic N) is 1. The Morgan fingerprint density at radius 1 is 1.42 bits per heavy atom. The first kappa shape index (κ1) is 13.3. The van der Waals surface area contributed by atoms with Gasteiger partial charge in [0.05, 0.1) is 5.39 Å². The van der Waals surface area contributed by atoms with Gasteiger partial charge in [0, 0.05) is 6.20 Å². The Hall–Kier alpha value is -2.12. The standard InChI is InChI=1S/C10H6ClN3O3.CH5N/c11-8-4-3-6(17-5(4)1-2-12-8)7-9(15)14-10(16)13-7;1-2/h1-3,7H,(H2,13,14,15,16);2H2,1H3. The Morgan fingerprint density at radius 2 is 2.16 bits per heavy atom. The molecule has 2 aromatic heterocycles. The van der Waals surface area contributed by atoms with Crippen molar-refractivity contribution in [3.8, 4) is 0 Å². The van der Waals surface area contributed by atoms with E-state index in [1.807, 2.05) is 0 Å². The van der Waals surface area contributed by atoms with Crippen LogP contribution in [0.5, 0.6) is 0 Å². The van der Waals surface area contributed by atoms with Gasteiger partial charge >= 0.3 is 6.03 Å². The molecule has 1 unspecified atom stereocenters. The molecular weight excluding hydrogens is 272 g/mol. The number of rotatable bonds is 1. The van der Waals surface area contributed by atoms with Crippen molar-refractivity contribution < 1.29 is 14.0 Å². The van der Waals surface area contributed by atoms with Crippen LogP contribution in [0, 0.1) is 0 Å². The Kier molecular flexibility index (Phi) is 3.68. The van der Waals surface area contributed by atoms with Crippen LogP contribution in [0.25, 0.3) is 11.0 Å². The molecule has 100 valence electrons. The lowest BCUT2D eigenvalue weighted by atomic mass is 10.2. The van der Waals surface area contributed by atoms with Gasteiger partial charge in [-0.25, -0.2) is 9.78 Å². The molecule has 0 saturated carbocycles. The van der Waals surface area contributed by atoms with Gasteiger partial charge in [0.15, 0.2) is 6.04 Å². The van der Waals surface area contributed by atoms with E-state index < -0.39 is 18.0 Å². The van der Waals surface area contributed by atoms with Gasteiger partial charge in [0.25, 0.3) is 5.91 Å². The van der Waals surface area contributed by atoms with Gasteiger partial charge in [-0.3, -0.25) is 10.1 Å². The molecule has 3 heterocycles. The van der Waals surface area contributed by atoms with Crippen molar-refractivity contribution in [3.63, 3.8) is 0 Å². The summed E-state index contributed by atoms with van der Waals surface area (Å²) >= 11 is 5.88. The van der Waals surface area contributed by atoms with Crippen molar-refractivity contribution in [3.05, 3.63) is 29.2 Å². The third kappa shape index (κ3) is 2.38. The van der Waals surface area contributed by atoms with Gasteiger partial charge in [0.1, 0.15) is 16.5 Å². The minimum Gasteiger partial charge on any atom is -0.458 e. The molecule has 1 aliphatic heterocycles. The summed E-state index contributed by atoms with van der Waals surface area (Å²) < 4.78 is 5.45. The van der Waals surface area contributed by atoms with Gasteiger partial charge in [0.2, 0.25) is 0 Å². The number of amides is 3. The van der Waals surface area contributed by atoms with Crippen LogP contribution >= 0.6 is 11.6 Å². The molecule has 3 rings (SSSR count). The molecule has 19 heavy (non-hydrogen) atoms. The van der Waals surface area contributed by atoms with Crippen molar-refractivity contribution in [1.29, 1.82) is 0 Å². The molecule has 1 atom stereocenters. The van der Waals surface area contributed by atoms with Crippen LogP contribution in [0.2, 0.25) is 5.15 Å². The van der Waals surface area contributed by atoms with Gasteiger partial charge < -0.3 is 15.5 Å². The van der Waals surface area contributed by atoms with E-state index in [4.69, 9.17) is 16.0 Å². The van der Waals surface area contributed by atoms with E-state index in [-0.39, 0.29) is 0 Å². The molecule has 2 aromatic rings. The van der Waals surface area contributed by atoms with Crippen molar-refractivity contribution >= 4 is 34.5 Å². The molecular formula is C11H11ClN4O3. The lowest BCUT2D eigenvalue weighted by Gasteiger charge is -2.00. The third-order valence-corrected chi connectivity index (χ3v) is 2.78. The minimum atomic E-state index is -0.814. The smallest absolute Gasteiger partial charge is 0.322 e. The normalized spacial score (nSPS) is 17.7. The Balaban J connectivity index is 0.000000637. The number of aromatic nitrogens is 1. The van der Waals surface area contributed by atoms with Gasteiger partial charge in [-0.1, -0.05) is 11.6 Å². The zero-order chi connectivity index (χ0) is 14.0. The van der Waals surface area contributed by atoms with E-state index in [1.165, 1.54) is 13.2 Å². The number of urea groups is 1. The SMILES string of the molecule is CN.O=C1NC(=O)C(c2cc3c(Cl)nccc3o2)N1. The first-order valence-electron chi connectivity index (χ1n) is 5.38. The summed E-state index contributed by atoms with van der Waals surface area (Å²) in [7, 11) is 1.50. The molecule has 0 bridgehead atoms. The number of hydrogen-bond donors (Lipinski definition) is 3. The number of pyridine rings is 1. The van der Waals surface area contributed by atoms with Crippen LogP contribution in [0.4, 0.5) is 4.79 Å². The summed E-state index contributed by atoms with van der Waals surface area (Å²) in [5.41, 5.74) is 5.02. The zero-order valence-electron chi connectivity index (χ0n) is 9.94. The monoisotopic (exact) mass is 282 g/mol. The molecule has 1 fully saturated rings. The number of nitrogens with one attached hydrogen (secondary N) is 2. The Morgan fingerprint density at radius 3 is 2.74 bits per heavy atom. The highest BCUT2D eigenvalue weighted by Crippen LogP contribution is 2.28. The van der Waals surface area contributed by atoms with E-state index in [1.54, 1.807) is 12.1 Å². The predicted octanol–water partition coefficient (Wildman–Crippen LogP) is 0.937. The lowest BCUT2D eigenvalue weighted by Crippen LogP contribution is -2.22. The fourth-order valence-electron chi connectivity index (χ4n) is 1.71.